The van der Waals surface area contributed by atoms with Gasteiger partial charge in [0.1, 0.15) is 5.82 Å². The summed E-state index contributed by atoms with van der Waals surface area (Å²) in [5, 5.41) is 11.5. The van der Waals surface area contributed by atoms with Gasteiger partial charge in [0.25, 0.3) is 0 Å². The van der Waals surface area contributed by atoms with E-state index in [1.54, 1.807) is 19.1 Å². The van der Waals surface area contributed by atoms with Crippen molar-refractivity contribution in [3.63, 3.8) is 0 Å². The Bertz CT molecular complexity index is 826. The summed E-state index contributed by atoms with van der Waals surface area (Å²) >= 11 is 0. The fourth-order valence-corrected chi connectivity index (χ4v) is 2.33. The van der Waals surface area contributed by atoms with Crippen molar-refractivity contribution in [2.75, 3.05) is 6.54 Å². The number of hydrogen-bond acceptors (Lipinski definition) is 5. The predicted molar refractivity (Wildman–Crippen MR) is 87.8 cm³/mol. The van der Waals surface area contributed by atoms with Gasteiger partial charge in [0.05, 0.1) is 18.8 Å². The Morgan fingerprint density at radius 1 is 1.33 bits per heavy atom. The van der Waals surface area contributed by atoms with E-state index in [9.17, 15) is 4.39 Å². The number of aromatic nitrogens is 4. The maximum atomic E-state index is 13.7. The van der Waals surface area contributed by atoms with Crippen LogP contribution in [0, 0.1) is 19.7 Å². The van der Waals surface area contributed by atoms with Gasteiger partial charge in [-0.25, -0.2) is 4.39 Å². The number of benzene rings is 1. The van der Waals surface area contributed by atoms with Crippen LogP contribution in [0.3, 0.4) is 0 Å². The van der Waals surface area contributed by atoms with Gasteiger partial charge in [0, 0.05) is 18.3 Å². The molecular weight excluding hydrogens is 309 g/mol. The lowest BCUT2D eigenvalue weighted by molar-refractivity contribution is 0.336. The van der Waals surface area contributed by atoms with Crippen molar-refractivity contribution < 1.29 is 8.91 Å². The van der Waals surface area contributed by atoms with Gasteiger partial charge >= 0.3 is 0 Å². The summed E-state index contributed by atoms with van der Waals surface area (Å²) in [4.78, 5) is 4.35. The fourth-order valence-electron chi connectivity index (χ4n) is 2.33. The molecule has 0 aliphatic rings. The molecule has 1 atom stereocenters. The second-order valence-corrected chi connectivity index (χ2v) is 5.88. The molecule has 0 unspecified atom stereocenters. The minimum atomic E-state index is -0.278. The highest BCUT2D eigenvalue weighted by atomic mass is 19.1. The first-order valence-electron chi connectivity index (χ1n) is 7.85. The Kier molecular flexibility index (Phi) is 4.71. The molecule has 0 radical (unpaired) electrons. The first kappa shape index (κ1) is 16.3. The van der Waals surface area contributed by atoms with Gasteiger partial charge in [0.15, 0.2) is 0 Å². The Hall–Kier alpha value is -2.54. The molecule has 126 valence electrons. The van der Waals surface area contributed by atoms with Gasteiger partial charge in [-0.15, -0.1) is 0 Å². The number of hydrogen-bond donors (Lipinski definition) is 1. The average Bonchev–Trinajstić information content (AvgIpc) is 3.19. The molecule has 3 aromatic rings. The summed E-state index contributed by atoms with van der Waals surface area (Å²) in [6, 6.07) is 4.81. The van der Waals surface area contributed by atoms with Gasteiger partial charge in [-0.3, -0.25) is 4.68 Å². The number of nitrogens with one attached hydrogen (secondary N) is 1. The zero-order valence-electron chi connectivity index (χ0n) is 14.0. The smallest absolute Gasteiger partial charge is 0.243 e. The van der Waals surface area contributed by atoms with Crippen LogP contribution in [0.5, 0.6) is 0 Å². The number of aryl methyl sites for hydroxylation is 2. The quantitative estimate of drug-likeness (QED) is 0.753. The highest BCUT2D eigenvalue weighted by Gasteiger charge is 2.15. The Labute approximate surface area is 139 Å². The van der Waals surface area contributed by atoms with Crippen LogP contribution in [0.1, 0.15) is 30.0 Å². The monoisotopic (exact) mass is 329 g/mol. The lowest BCUT2D eigenvalue weighted by Crippen LogP contribution is -2.23. The van der Waals surface area contributed by atoms with Gasteiger partial charge in [-0.05, 0) is 38.0 Å². The van der Waals surface area contributed by atoms with Crippen molar-refractivity contribution in [2.45, 2.75) is 33.4 Å². The molecular formula is C17H20FN5O. The van der Waals surface area contributed by atoms with Crippen LogP contribution < -0.4 is 5.32 Å². The molecule has 6 nitrogen and oxygen atoms in total. The average molecular weight is 329 g/mol. The van der Waals surface area contributed by atoms with Crippen molar-refractivity contribution in [2.24, 2.45) is 0 Å². The molecule has 0 aliphatic heterocycles. The second-order valence-electron chi connectivity index (χ2n) is 5.88. The number of rotatable bonds is 6. The van der Waals surface area contributed by atoms with Crippen molar-refractivity contribution >= 4 is 0 Å². The summed E-state index contributed by atoms with van der Waals surface area (Å²) in [6.07, 6.45) is 3.82. The summed E-state index contributed by atoms with van der Waals surface area (Å²) in [7, 11) is 0. The van der Waals surface area contributed by atoms with Crippen LogP contribution in [0.15, 0.2) is 35.1 Å². The lowest BCUT2D eigenvalue weighted by Gasteiger charge is -2.09. The molecule has 3 rings (SSSR count). The summed E-state index contributed by atoms with van der Waals surface area (Å²) in [5.74, 6) is 0.586. The number of halogens is 1. The topological polar surface area (TPSA) is 68.8 Å². The van der Waals surface area contributed by atoms with Crippen molar-refractivity contribution in [1.82, 2.24) is 25.2 Å². The molecule has 0 amide bonds. The zero-order valence-corrected chi connectivity index (χ0v) is 14.0. The van der Waals surface area contributed by atoms with E-state index in [0.717, 1.165) is 18.7 Å². The maximum Gasteiger partial charge on any atom is 0.243 e. The van der Waals surface area contributed by atoms with Crippen LogP contribution in [-0.4, -0.2) is 26.5 Å². The maximum absolute atomic E-state index is 13.7. The molecule has 0 spiro atoms. The standard InChI is InChI=1S/C17H20FN5O/c1-11-9-20-23(10-11)7-6-19-13(3)17-21-16(22-24-17)14-5-4-12(2)15(18)8-14/h4-5,8-10,13,19H,6-7H2,1-3H3/t13-/m1/s1. The largest absolute Gasteiger partial charge is 0.337 e. The van der Waals surface area contributed by atoms with E-state index in [4.69, 9.17) is 4.52 Å². The van der Waals surface area contributed by atoms with E-state index in [-0.39, 0.29) is 11.9 Å². The molecule has 1 aromatic carbocycles. The molecule has 24 heavy (non-hydrogen) atoms. The first-order chi connectivity index (χ1) is 11.5. The summed E-state index contributed by atoms with van der Waals surface area (Å²) in [6.45, 7) is 7.14. The first-order valence-corrected chi connectivity index (χ1v) is 7.85. The molecule has 2 heterocycles. The van der Waals surface area contributed by atoms with E-state index in [1.807, 2.05) is 30.9 Å². The molecule has 0 bridgehead atoms. The van der Waals surface area contributed by atoms with Crippen LogP contribution in [-0.2, 0) is 6.54 Å². The summed E-state index contributed by atoms with van der Waals surface area (Å²) in [5.41, 5.74) is 2.33. The third-order valence-corrected chi connectivity index (χ3v) is 3.80. The molecule has 0 saturated heterocycles. The molecule has 0 saturated carbocycles. The fraction of sp³-hybridized carbons (Fsp3) is 0.353. The normalized spacial score (nSPS) is 12.5. The highest BCUT2D eigenvalue weighted by Crippen LogP contribution is 2.20. The Morgan fingerprint density at radius 3 is 2.88 bits per heavy atom. The third kappa shape index (κ3) is 3.68. The minimum Gasteiger partial charge on any atom is -0.337 e. The van der Waals surface area contributed by atoms with Crippen LogP contribution >= 0.6 is 0 Å². The van der Waals surface area contributed by atoms with E-state index in [1.165, 1.54) is 6.07 Å². The molecule has 0 fully saturated rings. The second kappa shape index (κ2) is 6.92. The van der Waals surface area contributed by atoms with Gasteiger partial charge in [0.2, 0.25) is 11.7 Å². The van der Waals surface area contributed by atoms with Gasteiger partial charge < -0.3 is 9.84 Å². The third-order valence-electron chi connectivity index (χ3n) is 3.80. The molecule has 2 aromatic heterocycles. The van der Waals surface area contributed by atoms with Crippen LogP contribution in [0.25, 0.3) is 11.4 Å². The SMILES string of the molecule is Cc1cnn(CCN[C@H](C)c2nc(-c3ccc(C)c(F)c3)no2)c1. The highest BCUT2D eigenvalue weighted by molar-refractivity contribution is 5.54. The Morgan fingerprint density at radius 2 is 2.17 bits per heavy atom. The molecule has 1 N–H and O–H groups in total. The van der Waals surface area contributed by atoms with E-state index in [0.29, 0.717) is 22.8 Å². The lowest BCUT2D eigenvalue weighted by atomic mass is 10.1. The predicted octanol–water partition coefficient (Wildman–Crippen LogP) is 3.04. The minimum absolute atomic E-state index is 0.0989. The van der Waals surface area contributed by atoms with Crippen molar-refractivity contribution in [3.8, 4) is 11.4 Å². The van der Waals surface area contributed by atoms with Crippen molar-refractivity contribution in [1.29, 1.82) is 0 Å². The summed E-state index contributed by atoms with van der Waals surface area (Å²) < 4.78 is 20.8. The van der Waals surface area contributed by atoms with E-state index in [2.05, 4.69) is 20.6 Å². The Balaban J connectivity index is 1.60. The van der Waals surface area contributed by atoms with Crippen LogP contribution in [0.4, 0.5) is 4.39 Å². The van der Waals surface area contributed by atoms with Crippen LogP contribution in [0.2, 0.25) is 0 Å². The number of nitrogens with zero attached hydrogens (tertiary/aromatic N) is 4. The van der Waals surface area contributed by atoms with Gasteiger partial charge in [-0.2, -0.15) is 10.1 Å². The van der Waals surface area contributed by atoms with E-state index < -0.39 is 0 Å². The van der Waals surface area contributed by atoms with Crippen molar-refractivity contribution in [3.05, 3.63) is 53.4 Å². The zero-order chi connectivity index (χ0) is 17.1. The molecule has 0 aliphatic carbocycles. The van der Waals surface area contributed by atoms with Gasteiger partial charge in [-0.1, -0.05) is 17.3 Å². The molecule has 7 heteroatoms. The van der Waals surface area contributed by atoms with E-state index >= 15 is 0 Å².